The molecule has 1 aliphatic rings. The summed E-state index contributed by atoms with van der Waals surface area (Å²) in [6.45, 7) is 2.81. The van der Waals surface area contributed by atoms with Gasteiger partial charge in [-0.1, -0.05) is 31.0 Å². The highest BCUT2D eigenvalue weighted by molar-refractivity contribution is 7.81. The maximum atomic E-state index is 12.5. The Morgan fingerprint density at radius 2 is 1.94 bits per heavy atom. The molecule has 0 radical (unpaired) electrons. The van der Waals surface area contributed by atoms with E-state index >= 15 is 0 Å². The van der Waals surface area contributed by atoms with Crippen molar-refractivity contribution in [3.8, 4) is 0 Å². The van der Waals surface area contributed by atoms with Gasteiger partial charge in [0.1, 0.15) is 0 Å². The summed E-state index contributed by atoms with van der Waals surface area (Å²) in [5, 5.41) is 0.325. The Kier molecular flexibility index (Phi) is 4.70. The third-order valence-corrected chi connectivity index (χ3v) is 4.32. The van der Waals surface area contributed by atoms with E-state index in [-0.39, 0.29) is 5.91 Å². The summed E-state index contributed by atoms with van der Waals surface area (Å²) < 4.78 is 0. The van der Waals surface area contributed by atoms with Crippen LogP contribution in [0.1, 0.15) is 43.0 Å². The van der Waals surface area contributed by atoms with Crippen molar-refractivity contribution < 1.29 is 4.79 Å². The molecule has 0 spiro atoms. The van der Waals surface area contributed by atoms with E-state index in [2.05, 4.69) is 19.6 Å². The molecule has 0 N–H and O–H groups in total. The summed E-state index contributed by atoms with van der Waals surface area (Å²) in [5.41, 5.74) is 0.783. The Bertz CT molecular complexity index is 393. The lowest BCUT2D eigenvalue weighted by atomic mass is 9.93. The van der Waals surface area contributed by atoms with Gasteiger partial charge in [-0.05, 0) is 31.9 Å². The van der Waals surface area contributed by atoms with Crippen molar-refractivity contribution in [1.82, 2.24) is 4.90 Å². The molecule has 2 atom stereocenters. The Hall–Kier alpha value is -0.960. The van der Waals surface area contributed by atoms with E-state index in [0.29, 0.717) is 11.3 Å². The molecule has 1 aromatic carbocycles. The van der Waals surface area contributed by atoms with Crippen LogP contribution in [0.3, 0.4) is 0 Å². The number of carbonyl (C=O) groups excluding carboxylic acids is 1. The van der Waals surface area contributed by atoms with Crippen molar-refractivity contribution in [3.05, 3.63) is 35.9 Å². The van der Waals surface area contributed by atoms with E-state index in [1.54, 1.807) is 0 Å². The van der Waals surface area contributed by atoms with Crippen LogP contribution in [-0.2, 0) is 0 Å². The fourth-order valence-electron chi connectivity index (χ4n) is 2.73. The summed E-state index contributed by atoms with van der Waals surface area (Å²) >= 11 is 4.66. The first kappa shape index (κ1) is 13.5. The molecule has 0 aromatic heterocycles. The predicted octanol–water partition coefficient (Wildman–Crippen LogP) is 3.39. The molecule has 0 aliphatic heterocycles. The van der Waals surface area contributed by atoms with Crippen LogP contribution in [0.4, 0.5) is 0 Å². The average molecular weight is 263 g/mol. The van der Waals surface area contributed by atoms with Crippen LogP contribution in [0.2, 0.25) is 0 Å². The number of nitrogens with zero attached hydrogens (tertiary/aromatic N) is 1. The number of carbonyl (C=O) groups is 1. The predicted molar refractivity (Wildman–Crippen MR) is 78.2 cm³/mol. The minimum Gasteiger partial charge on any atom is -0.335 e. The molecular weight excluding hydrogens is 242 g/mol. The topological polar surface area (TPSA) is 20.3 Å². The van der Waals surface area contributed by atoms with E-state index < -0.39 is 0 Å². The molecular formula is C15H21NOS. The minimum absolute atomic E-state index is 0.143. The molecule has 98 valence electrons. The maximum absolute atomic E-state index is 12.5. The van der Waals surface area contributed by atoms with Gasteiger partial charge in [-0.3, -0.25) is 4.79 Å². The molecule has 1 aliphatic carbocycles. The Balaban J connectivity index is 2.15. The molecule has 0 bridgehead atoms. The lowest BCUT2D eigenvalue weighted by Gasteiger charge is -2.37. The summed E-state index contributed by atoms with van der Waals surface area (Å²) in [7, 11) is 0. The van der Waals surface area contributed by atoms with Crippen molar-refractivity contribution >= 4 is 18.5 Å². The first-order chi connectivity index (χ1) is 8.74. The molecule has 0 saturated heterocycles. The van der Waals surface area contributed by atoms with Gasteiger partial charge in [0.15, 0.2) is 0 Å². The van der Waals surface area contributed by atoms with Crippen molar-refractivity contribution in [2.24, 2.45) is 0 Å². The molecule has 2 rings (SSSR count). The molecule has 1 fully saturated rings. The maximum Gasteiger partial charge on any atom is 0.254 e. The van der Waals surface area contributed by atoms with Gasteiger partial charge in [-0.2, -0.15) is 12.6 Å². The smallest absolute Gasteiger partial charge is 0.254 e. The summed E-state index contributed by atoms with van der Waals surface area (Å²) in [6.07, 6.45) is 4.65. The van der Waals surface area contributed by atoms with Crippen molar-refractivity contribution in [3.63, 3.8) is 0 Å². The summed E-state index contributed by atoms with van der Waals surface area (Å²) in [5.74, 6) is 0.143. The van der Waals surface area contributed by atoms with Crippen LogP contribution in [0.5, 0.6) is 0 Å². The van der Waals surface area contributed by atoms with Crippen LogP contribution < -0.4 is 0 Å². The number of amides is 1. The van der Waals surface area contributed by atoms with Gasteiger partial charge < -0.3 is 4.90 Å². The van der Waals surface area contributed by atoms with E-state index in [1.165, 1.54) is 12.8 Å². The first-order valence-electron chi connectivity index (χ1n) is 6.78. The zero-order chi connectivity index (χ0) is 13.0. The average Bonchev–Trinajstić information content (AvgIpc) is 2.42. The van der Waals surface area contributed by atoms with Crippen LogP contribution in [-0.4, -0.2) is 28.6 Å². The fourth-order valence-corrected chi connectivity index (χ4v) is 3.22. The van der Waals surface area contributed by atoms with Crippen LogP contribution in [0, 0.1) is 0 Å². The lowest BCUT2D eigenvalue weighted by Crippen LogP contribution is -2.46. The Morgan fingerprint density at radius 3 is 2.56 bits per heavy atom. The lowest BCUT2D eigenvalue weighted by molar-refractivity contribution is 0.0656. The van der Waals surface area contributed by atoms with Crippen LogP contribution >= 0.6 is 12.6 Å². The first-order valence-corrected chi connectivity index (χ1v) is 7.29. The molecule has 0 heterocycles. The zero-order valence-electron chi connectivity index (χ0n) is 10.9. The molecule has 1 amide bonds. The second kappa shape index (κ2) is 6.28. The van der Waals surface area contributed by atoms with E-state index in [4.69, 9.17) is 0 Å². The van der Waals surface area contributed by atoms with Crippen LogP contribution in [0.25, 0.3) is 0 Å². The van der Waals surface area contributed by atoms with Gasteiger partial charge in [0.05, 0.1) is 0 Å². The van der Waals surface area contributed by atoms with E-state index in [9.17, 15) is 4.79 Å². The number of hydrogen-bond donors (Lipinski definition) is 1. The normalized spacial score (nSPS) is 23.7. The van der Waals surface area contributed by atoms with Gasteiger partial charge in [-0.15, -0.1) is 0 Å². The number of thiol groups is 1. The highest BCUT2D eigenvalue weighted by Crippen LogP contribution is 2.27. The standard InChI is InChI=1S/C15H21NOS/c1-2-16(13-10-6-7-11-14(13)18)15(17)12-8-4-3-5-9-12/h3-5,8-9,13-14,18H,2,6-7,10-11H2,1H3. The van der Waals surface area contributed by atoms with Crippen LogP contribution in [0.15, 0.2) is 30.3 Å². The van der Waals surface area contributed by atoms with E-state index in [1.807, 2.05) is 35.2 Å². The number of rotatable bonds is 3. The van der Waals surface area contributed by atoms with Gasteiger partial charge in [0.25, 0.3) is 5.91 Å². The molecule has 1 saturated carbocycles. The molecule has 2 unspecified atom stereocenters. The third kappa shape index (κ3) is 2.89. The van der Waals surface area contributed by atoms with Crippen molar-refractivity contribution in [2.45, 2.75) is 43.9 Å². The zero-order valence-corrected chi connectivity index (χ0v) is 11.8. The molecule has 1 aromatic rings. The van der Waals surface area contributed by atoms with Crippen molar-refractivity contribution in [2.75, 3.05) is 6.54 Å². The van der Waals surface area contributed by atoms with Gasteiger partial charge in [-0.25, -0.2) is 0 Å². The molecule has 3 heteroatoms. The number of hydrogen-bond acceptors (Lipinski definition) is 2. The number of benzene rings is 1. The Morgan fingerprint density at radius 1 is 1.28 bits per heavy atom. The summed E-state index contributed by atoms with van der Waals surface area (Å²) in [6, 6.07) is 9.85. The van der Waals surface area contributed by atoms with Crippen molar-refractivity contribution in [1.29, 1.82) is 0 Å². The van der Waals surface area contributed by atoms with E-state index in [0.717, 1.165) is 24.9 Å². The minimum atomic E-state index is 0.143. The van der Waals surface area contributed by atoms with Gasteiger partial charge in [0.2, 0.25) is 0 Å². The highest BCUT2D eigenvalue weighted by Gasteiger charge is 2.30. The molecule has 18 heavy (non-hydrogen) atoms. The summed E-state index contributed by atoms with van der Waals surface area (Å²) in [4.78, 5) is 14.5. The van der Waals surface area contributed by atoms with Gasteiger partial charge >= 0.3 is 0 Å². The second-order valence-electron chi connectivity index (χ2n) is 4.88. The SMILES string of the molecule is CCN(C(=O)c1ccccc1)C1CCCCC1S. The Labute approximate surface area is 115 Å². The fraction of sp³-hybridized carbons (Fsp3) is 0.533. The monoisotopic (exact) mass is 263 g/mol. The van der Waals surface area contributed by atoms with Gasteiger partial charge in [0, 0.05) is 23.4 Å². The quantitative estimate of drug-likeness (QED) is 0.829. The second-order valence-corrected chi connectivity index (χ2v) is 5.54. The highest BCUT2D eigenvalue weighted by atomic mass is 32.1. The third-order valence-electron chi connectivity index (χ3n) is 3.72. The largest absolute Gasteiger partial charge is 0.335 e. The molecule has 2 nitrogen and oxygen atoms in total.